The smallest absolute Gasteiger partial charge is 0.436 e. The second kappa shape index (κ2) is 8.45. The fourth-order valence-corrected chi connectivity index (χ4v) is 2.43. The maximum Gasteiger partial charge on any atom is 0.436 e. The number of benzene rings is 1. The summed E-state index contributed by atoms with van der Waals surface area (Å²) in [5.74, 6) is -2.78. The van der Waals surface area contributed by atoms with Gasteiger partial charge < -0.3 is 14.5 Å². The van der Waals surface area contributed by atoms with E-state index in [-0.39, 0.29) is 23.0 Å². The minimum Gasteiger partial charge on any atom is -0.468 e. The Labute approximate surface area is 157 Å². The van der Waals surface area contributed by atoms with Gasteiger partial charge in [0.05, 0.1) is 30.0 Å². The summed E-state index contributed by atoms with van der Waals surface area (Å²) in [6.45, 7) is 0.538. The molecule has 0 fully saturated rings. The normalized spacial score (nSPS) is 13.7. The Bertz CT molecular complexity index is 796. The number of rotatable bonds is 7. The van der Waals surface area contributed by atoms with E-state index in [2.05, 4.69) is 4.74 Å². The van der Waals surface area contributed by atoms with Crippen molar-refractivity contribution < 1.29 is 31.9 Å². The second-order valence-corrected chi connectivity index (χ2v) is 5.74. The molecule has 2 aromatic rings. The molecule has 27 heavy (non-hydrogen) atoms. The van der Waals surface area contributed by atoms with Crippen molar-refractivity contribution in [2.45, 2.75) is 25.3 Å². The van der Waals surface area contributed by atoms with Gasteiger partial charge in [0.15, 0.2) is 0 Å². The van der Waals surface area contributed by atoms with Crippen molar-refractivity contribution in [3.63, 3.8) is 0 Å². The molecule has 2 rings (SSSR count). The Hall–Kier alpha value is -2.52. The molecular weight excluding hydrogens is 389 g/mol. The number of hydrogen-bond donors (Lipinski definition) is 2. The number of esters is 1. The number of ether oxygens (including phenoxy) is 1. The standard InChI is InChI=1S/C17H16ClF3N2O4/c1-2-26-15(25)16(17(19,20)21,22-10-11-6-5-9-27-11)23-14(24)12-7-3-4-8-13(12)18/h3-9,22H,2,10H2,1H3,(H,23,24). The lowest BCUT2D eigenvalue weighted by Gasteiger charge is -2.34. The zero-order valence-corrected chi connectivity index (χ0v) is 14.9. The summed E-state index contributed by atoms with van der Waals surface area (Å²) >= 11 is 5.87. The fraction of sp³-hybridized carbons (Fsp3) is 0.294. The van der Waals surface area contributed by atoms with Gasteiger partial charge in [0.1, 0.15) is 5.76 Å². The average Bonchev–Trinajstić information content (AvgIpc) is 3.11. The number of halogens is 4. The van der Waals surface area contributed by atoms with Crippen LogP contribution in [0.4, 0.5) is 13.2 Å². The van der Waals surface area contributed by atoms with Gasteiger partial charge in [0.2, 0.25) is 0 Å². The third kappa shape index (κ3) is 4.61. The van der Waals surface area contributed by atoms with Crippen LogP contribution in [0, 0.1) is 0 Å². The molecule has 0 saturated heterocycles. The van der Waals surface area contributed by atoms with Crippen LogP contribution < -0.4 is 10.6 Å². The number of carbonyl (C=O) groups is 2. The fourth-order valence-electron chi connectivity index (χ4n) is 2.21. The maximum absolute atomic E-state index is 13.9. The van der Waals surface area contributed by atoms with Crippen LogP contribution in [0.1, 0.15) is 23.0 Å². The molecule has 0 radical (unpaired) electrons. The molecule has 0 aliphatic rings. The molecule has 1 heterocycles. The molecule has 1 atom stereocenters. The molecule has 6 nitrogen and oxygen atoms in total. The first-order valence-electron chi connectivity index (χ1n) is 7.79. The highest BCUT2D eigenvalue weighted by Crippen LogP contribution is 2.31. The van der Waals surface area contributed by atoms with Gasteiger partial charge >= 0.3 is 12.1 Å². The SMILES string of the molecule is CCOC(=O)C(NCc1ccco1)(NC(=O)c1ccccc1Cl)C(F)(F)F. The Morgan fingerprint density at radius 1 is 1.19 bits per heavy atom. The van der Waals surface area contributed by atoms with Gasteiger partial charge in [0, 0.05) is 0 Å². The van der Waals surface area contributed by atoms with E-state index < -0.39 is 30.3 Å². The van der Waals surface area contributed by atoms with Crippen molar-refractivity contribution in [1.29, 1.82) is 0 Å². The van der Waals surface area contributed by atoms with Gasteiger partial charge in [0.25, 0.3) is 11.6 Å². The van der Waals surface area contributed by atoms with Gasteiger partial charge in [-0.25, -0.2) is 4.79 Å². The first-order chi connectivity index (χ1) is 12.7. The first kappa shape index (κ1) is 20.8. The van der Waals surface area contributed by atoms with Gasteiger partial charge in [-0.05, 0) is 31.2 Å². The van der Waals surface area contributed by atoms with E-state index in [0.717, 1.165) is 0 Å². The molecule has 0 aliphatic heterocycles. The summed E-state index contributed by atoms with van der Waals surface area (Å²) in [4.78, 5) is 24.7. The van der Waals surface area contributed by atoms with Gasteiger partial charge in [-0.2, -0.15) is 13.2 Å². The summed E-state index contributed by atoms with van der Waals surface area (Å²) in [5.41, 5.74) is -3.72. The minimum absolute atomic E-state index is 0.0685. The highest BCUT2D eigenvalue weighted by molar-refractivity contribution is 6.33. The van der Waals surface area contributed by atoms with Crippen LogP contribution in [0.15, 0.2) is 47.1 Å². The van der Waals surface area contributed by atoms with E-state index in [9.17, 15) is 22.8 Å². The van der Waals surface area contributed by atoms with Crippen LogP contribution in [0.5, 0.6) is 0 Å². The van der Waals surface area contributed by atoms with Crippen LogP contribution in [0.3, 0.4) is 0 Å². The molecule has 0 bridgehead atoms. The predicted molar refractivity (Wildman–Crippen MR) is 89.9 cm³/mol. The Balaban J connectivity index is 2.41. The summed E-state index contributed by atoms with van der Waals surface area (Å²) < 4.78 is 51.3. The second-order valence-electron chi connectivity index (χ2n) is 5.34. The predicted octanol–water partition coefficient (Wildman–Crippen LogP) is 3.27. The lowest BCUT2D eigenvalue weighted by Crippen LogP contribution is -2.72. The number of amides is 1. The highest BCUT2D eigenvalue weighted by atomic mass is 35.5. The minimum atomic E-state index is -5.22. The van der Waals surface area contributed by atoms with Crippen molar-refractivity contribution in [2.75, 3.05) is 6.61 Å². The van der Waals surface area contributed by atoms with Crippen molar-refractivity contribution in [3.05, 3.63) is 59.0 Å². The summed E-state index contributed by atoms with van der Waals surface area (Å²) in [5, 5.41) is 3.64. The van der Waals surface area contributed by atoms with Gasteiger partial charge in [-0.3, -0.25) is 10.1 Å². The molecule has 0 saturated carbocycles. The van der Waals surface area contributed by atoms with Crippen LogP contribution in [-0.2, 0) is 16.1 Å². The molecule has 1 aromatic heterocycles. The molecule has 1 aromatic carbocycles. The zero-order chi connectivity index (χ0) is 20.1. The van der Waals surface area contributed by atoms with Gasteiger partial charge in [-0.15, -0.1) is 0 Å². The summed E-state index contributed by atoms with van der Waals surface area (Å²) in [6, 6.07) is 8.39. The van der Waals surface area contributed by atoms with E-state index >= 15 is 0 Å². The van der Waals surface area contributed by atoms with E-state index in [1.54, 1.807) is 5.32 Å². The van der Waals surface area contributed by atoms with E-state index in [4.69, 9.17) is 16.0 Å². The monoisotopic (exact) mass is 404 g/mol. The lowest BCUT2D eigenvalue weighted by molar-refractivity contribution is -0.219. The number of carbonyl (C=O) groups excluding carboxylic acids is 2. The quantitative estimate of drug-likeness (QED) is 0.547. The molecule has 2 N–H and O–H groups in total. The molecule has 1 unspecified atom stereocenters. The van der Waals surface area contributed by atoms with E-state index in [1.165, 1.54) is 49.6 Å². The van der Waals surface area contributed by atoms with Crippen LogP contribution in [0.2, 0.25) is 5.02 Å². The summed E-state index contributed by atoms with van der Waals surface area (Å²) in [7, 11) is 0. The van der Waals surface area contributed by atoms with Crippen LogP contribution in [0.25, 0.3) is 0 Å². The molecule has 10 heteroatoms. The largest absolute Gasteiger partial charge is 0.468 e. The van der Waals surface area contributed by atoms with Crippen LogP contribution in [-0.4, -0.2) is 30.3 Å². The average molecular weight is 405 g/mol. The topological polar surface area (TPSA) is 80.6 Å². The van der Waals surface area contributed by atoms with Crippen molar-refractivity contribution in [3.8, 4) is 0 Å². The summed E-state index contributed by atoms with van der Waals surface area (Å²) in [6.07, 6.45) is -3.96. The van der Waals surface area contributed by atoms with E-state index in [1.807, 2.05) is 5.32 Å². The third-order valence-electron chi connectivity index (χ3n) is 3.53. The first-order valence-corrected chi connectivity index (χ1v) is 8.17. The number of furan rings is 1. The van der Waals surface area contributed by atoms with Crippen LogP contribution >= 0.6 is 11.6 Å². The Morgan fingerprint density at radius 3 is 2.44 bits per heavy atom. The Morgan fingerprint density at radius 2 is 1.89 bits per heavy atom. The maximum atomic E-state index is 13.9. The van der Waals surface area contributed by atoms with Crippen molar-refractivity contribution >= 4 is 23.5 Å². The molecular formula is C17H16ClF3N2O4. The molecule has 146 valence electrons. The number of hydrogen-bond acceptors (Lipinski definition) is 5. The lowest BCUT2D eigenvalue weighted by atomic mass is 10.1. The number of alkyl halides is 3. The van der Waals surface area contributed by atoms with Gasteiger partial charge in [-0.1, -0.05) is 23.7 Å². The molecule has 0 spiro atoms. The highest BCUT2D eigenvalue weighted by Gasteiger charge is 2.63. The van der Waals surface area contributed by atoms with Crippen molar-refractivity contribution in [1.82, 2.24) is 10.6 Å². The van der Waals surface area contributed by atoms with E-state index in [0.29, 0.717) is 0 Å². The van der Waals surface area contributed by atoms with Crippen molar-refractivity contribution in [2.24, 2.45) is 0 Å². The third-order valence-corrected chi connectivity index (χ3v) is 3.86. The molecule has 1 amide bonds. The zero-order valence-electron chi connectivity index (χ0n) is 14.1. The molecule has 0 aliphatic carbocycles. The Kier molecular flexibility index (Phi) is 6.50. The number of nitrogens with one attached hydrogen (secondary N) is 2.